The topological polar surface area (TPSA) is 21.3 Å². The van der Waals surface area contributed by atoms with Gasteiger partial charge in [-0.25, -0.2) is 0 Å². The highest BCUT2D eigenvalue weighted by Gasteiger charge is 2.45. The van der Waals surface area contributed by atoms with Gasteiger partial charge in [-0.3, -0.25) is 5.32 Å². The van der Waals surface area contributed by atoms with Gasteiger partial charge < -0.3 is 4.74 Å². The Kier molecular flexibility index (Phi) is 1.52. The largest absolute Gasteiger partial charge is 0.359 e. The molecule has 0 aromatic carbocycles. The van der Waals surface area contributed by atoms with E-state index in [0.29, 0.717) is 5.41 Å². The minimum absolute atomic E-state index is 0.0729. The Morgan fingerprint density at radius 3 is 2.55 bits per heavy atom. The van der Waals surface area contributed by atoms with Crippen LogP contribution in [-0.2, 0) is 4.74 Å². The maximum Gasteiger partial charge on any atom is 0.119 e. The van der Waals surface area contributed by atoms with E-state index in [1.807, 2.05) is 0 Å². The first-order chi connectivity index (χ1) is 5.12. The van der Waals surface area contributed by atoms with Gasteiger partial charge in [0.25, 0.3) is 0 Å². The van der Waals surface area contributed by atoms with Gasteiger partial charge in [-0.05, 0) is 24.7 Å². The van der Waals surface area contributed by atoms with Gasteiger partial charge in [-0.15, -0.1) is 0 Å². The normalized spacial score (nSPS) is 42.0. The SMILES string of the molecule is CC1(C)CCC2(C1)NCCO2. The Balaban J connectivity index is 2.07. The van der Waals surface area contributed by atoms with Crippen LogP contribution in [0.2, 0.25) is 0 Å². The lowest BCUT2D eigenvalue weighted by molar-refractivity contribution is -0.0112. The minimum atomic E-state index is 0.0729. The third kappa shape index (κ3) is 1.30. The molecule has 1 heterocycles. The van der Waals surface area contributed by atoms with Gasteiger partial charge in [0.2, 0.25) is 0 Å². The molecule has 1 unspecified atom stereocenters. The molecule has 2 aliphatic rings. The summed E-state index contributed by atoms with van der Waals surface area (Å²) in [6.45, 7) is 6.59. The van der Waals surface area contributed by atoms with Gasteiger partial charge in [0, 0.05) is 6.54 Å². The van der Waals surface area contributed by atoms with E-state index < -0.39 is 0 Å². The molecule has 1 atom stereocenters. The Bertz CT molecular complexity index is 159. The lowest BCUT2D eigenvalue weighted by Gasteiger charge is -2.25. The van der Waals surface area contributed by atoms with Crippen LogP contribution < -0.4 is 5.32 Å². The van der Waals surface area contributed by atoms with Crippen molar-refractivity contribution in [2.45, 2.75) is 38.8 Å². The molecule has 1 aliphatic heterocycles. The predicted molar refractivity (Wildman–Crippen MR) is 44.3 cm³/mol. The molecule has 2 heteroatoms. The second-order valence-electron chi connectivity index (χ2n) is 4.61. The molecule has 1 N–H and O–H groups in total. The Morgan fingerprint density at radius 1 is 1.27 bits per heavy atom. The van der Waals surface area contributed by atoms with Crippen LogP contribution >= 0.6 is 0 Å². The molecular formula is C9H17NO. The van der Waals surface area contributed by atoms with E-state index in [0.717, 1.165) is 13.2 Å². The van der Waals surface area contributed by atoms with Gasteiger partial charge in [-0.1, -0.05) is 13.8 Å². The minimum Gasteiger partial charge on any atom is -0.359 e. The molecule has 0 amide bonds. The maximum absolute atomic E-state index is 5.73. The molecular weight excluding hydrogens is 138 g/mol. The zero-order valence-corrected chi connectivity index (χ0v) is 7.44. The van der Waals surface area contributed by atoms with Gasteiger partial charge in [0.15, 0.2) is 0 Å². The van der Waals surface area contributed by atoms with E-state index in [2.05, 4.69) is 19.2 Å². The highest BCUT2D eigenvalue weighted by atomic mass is 16.5. The summed E-state index contributed by atoms with van der Waals surface area (Å²) in [5, 5.41) is 3.47. The van der Waals surface area contributed by atoms with E-state index in [4.69, 9.17) is 4.74 Å². The third-order valence-electron chi connectivity index (χ3n) is 2.90. The highest BCUT2D eigenvalue weighted by molar-refractivity contribution is 4.95. The van der Waals surface area contributed by atoms with Crippen LogP contribution in [0.15, 0.2) is 0 Å². The standard InChI is InChI=1S/C9H17NO/c1-8(2)3-4-9(7-8)10-5-6-11-9/h10H,3-7H2,1-2H3. The fourth-order valence-corrected chi connectivity index (χ4v) is 2.34. The van der Waals surface area contributed by atoms with Crippen molar-refractivity contribution >= 4 is 0 Å². The number of rotatable bonds is 0. The molecule has 64 valence electrons. The first kappa shape index (κ1) is 7.56. The smallest absolute Gasteiger partial charge is 0.119 e. The van der Waals surface area contributed by atoms with Crippen LogP contribution in [0.1, 0.15) is 33.1 Å². The summed E-state index contributed by atoms with van der Waals surface area (Å²) in [7, 11) is 0. The second-order valence-corrected chi connectivity index (χ2v) is 4.61. The molecule has 2 rings (SSSR count). The number of nitrogens with one attached hydrogen (secondary N) is 1. The summed E-state index contributed by atoms with van der Waals surface area (Å²) in [6.07, 6.45) is 3.67. The number of ether oxygens (including phenoxy) is 1. The molecule has 0 radical (unpaired) electrons. The predicted octanol–water partition coefficient (Wildman–Crippen LogP) is 1.51. The van der Waals surface area contributed by atoms with E-state index in [1.54, 1.807) is 0 Å². The van der Waals surface area contributed by atoms with E-state index in [1.165, 1.54) is 19.3 Å². The zero-order chi connectivity index (χ0) is 7.95. The average Bonchev–Trinajstić information content (AvgIpc) is 2.43. The van der Waals surface area contributed by atoms with E-state index >= 15 is 0 Å². The highest BCUT2D eigenvalue weighted by Crippen LogP contribution is 2.45. The van der Waals surface area contributed by atoms with Crippen LogP contribution in [-0.4, -0.2) is 18.9 Å². The molecule has 1 saturated carbocycles. The van der Waals surface area contributed by atoms with Gasteiger partial charge >= 0.3 is 0 Å². The molecule has 1 aliphatic carbocycles. The van der Waals surface area contributed by atoms with Crippen molar-refractivity contribution in [3.8, 4) is 0 Å². The molecule has 0 aromatic heterocycles. The van der Waals surface area contributed by atoms with Gasteiger partial charge in [0.1, 0.15) is 5.72 Å². The quantitative estimate of drug-likeness (QED) is 0.572. The Morgan fingerprint density at radius 2 is 2.09 bits per heavy atom. The van der Waals surface area contributed by atoms with E-state index in [9.17, 15) is 0 Å². The molecule has 0 bridgehead atoms. The molecule has 2 fully saturated rings. The van der Waals surface area contributed by atoms with Crippen molar-refractivity contribution < 1.29 is 4.74 Å². The molecule has 1 saturated heterocycles. The van der Waals surface area contributed by atoms with Crippen molar-refractivity contribution in [2.24, 2.45) is 5.41 Å². The molecule has 1 spiro atoms. The summed E-state index contributed by atoms with van der Waals surface area (Å²) in [5.74, 6) is 0. The monoisotopic (exact) mass is 155 g/mol. The summed E-state index contributed by atoms with van der Waals surface area (Å²) in [4.78, 5) is 0. The summed E-state index contributed by atoms with van der Waals surface area (Å²) < 4.78 is 5.73. The summed E-state index contributed by atoms with van der Waals surface area (Å²) in [5.41, 5.74) is 0.556. The Labute approximate surface area is 68.3 Å². The van der Waals surface area contributed by atoms with Crippen LogP contribution in [0.4, 0.5) is 0 Å². The van der Waals surface area contributed by atoms with Crippen molar-refractivity contribution in [2.75, 3.05) is 13.2 Å². The van der Waals surface area contributed by atoms with Crippen molar-refractivity contribution in [3.05, 3.63) is 0 Å². The fraction of sp³-hybridized carbons (Fsp3) is 1.00. The molecule has 11 heavy (non-hydrogen) atoms. The third-order valence-corrected chi connectivity index (χ3v) is 2.90. The maximum atomic E-state index is 5.73. The lowest BCUT2D eigenvalue weighted by atomic mass is 9.91. The first-order valence-corrected chi connectivity index (χ1v) is 4.51. The second kappa shape index (κ2) is 2.20. The van der Waals surface area contributed by atoms with Crippen LogP contribution in [0.3, 0.4) is 0 Å². The van der Waals surface area contributed by atoms with Crippen LogP contribution in [0, 0.1) is 5.41 Å². The fourth-order valence-electron chi connectivity index (χ4n) is 2.34. The van der Waals surface area contributed by atoms with Crippen molar-refractivity contribution in [1.29, 1.82) is 0 Å². The average molecular weight is 155 g/mol. The first-order valence-electron chi connectivity index (χ1n) is 4.51. The Hall–Kier alpha value is -0.0800. The van der Waals surface area contributed by atoms with Crippen molar-refractivity contribution in [1.82, 2.24) is 5.32 Å². The van der Waals surface area contributed by atoms with Gasteiger partial charge in [0.05, 0.1) is 6.61 Å². The zero-order valence-electron chi connectivity index (χ0n) is 7.44. The van der Waals surface area contributed by atoms with Crippen LogP contribution in [0.25, 0.3) is 0 Å². The summed E-state index contributed by atoms with van der Waals surface area (Å²) >= 11 is 0. The molecule has 2 nitrogen and oxygen atoms in total. The number of hydrogen-bond donors (Lipinski definition) is 1. The summed E-state index contributed by atoms with van der Waals surface area (Å²) in [6, 6.07) is 0. The van der Waals surface area contributed by atoms with Crippen molar-refractivity contribution in [3.63, 3.8) is 0 Å². The van der Waals surface area contributed by atoms with Gasteiger partial charge in [-0.2, -0.15) is 0 Å². The number of hydrogen-bond acceptors (Lipinski definition) is 2. The van der Waals surface area contributed by atoms with Crippen LogP contribution in [0.5, 0.6) is 0 Å². The molecule has 0 aromatic rings. The lowest BCUT2D eigenvalue weighted by Crippen LogP contribution is -2.38. The van der Waals surface area contributed by atoms with E-state index in [-0.39, 0.29) is 5.72 Å².